The molecule has 0 aromatic heterocycles. The van der Waals surface area contributed by atoms with Crippen LogP contribution in [0.15, 0.2) is 0 Å². The van der Waals surface area contributed by atoms with Crippen LogP contribution in [0.3, 0.4) is 0 Å². The Balaban J connectivity index is 3.99. The van der Waals surface area contributed by atoms with Gasteiger partial charge in [-0.05, 0) is 12.3 Å². The van der Waals surface area contributed by atoms with Crippen LogP contribution in [-0.2, 0) is 0 Å². The standard InChI is InChI=1S/C8H13Br/c1-5-6-7(9)8(2,3)4/h7H,1-4H3/t7-/m0/s1. The van der Waals surface area contributed by atoms with Gasteiger partial charge in [-0.1, -0.05) is 42.6 Å². The Kier molecular flexibility index (Phi) is 3.28. The van der Waals surface area contributed by atoms with Gasteiger partial charge in [0.25, 0.3) is 0 Å². The monoisotopic (exact) mass is 188 g/mol. The molecule has 0 bridgehead atoms. The molecule has 0 spiro atoms. The first-order valence-corrected chi connectivity index (χ1v) is 3.96. The molecular weight excluding hydrogens is 176 g/mol. The van der Waals surface area contributed by atoms with Gasteiger partial charge >= 0.3 is 0 Å². The van der Waals surface area contributed by atoms with E-state index in [1.807, 2.05) is 6.92 Å². The molecule has 0 saturated carbocycles. The minimum absolute atomic E-state index is 0.253. The van der Waals surface area contributed by atoms with Crippen LogP contribution in [0.4, 0.5) is 0 Å². The highest BCUT2D eigenvalue weighted by atomic mass is 79.9. The van der Waals surface area contributed by atoms with Crippen LogP contribution in [0.1, 0.15) is 27.7 Å². The van der Waals surface area contributed by atoms with Crippen molar-refractivity contribution in [3.63, 3.8) is 0 Å². The molecule has 52 valence electrons. The normalized spacial score (nSPS) is 13.9. The summed E-state index contributed by atoms with van der Waals surface area (Å²) in [5.41, 5.74) is 0.253. The lowest BCUT2D eigenvalue weighted by atomic mass is 9.93. The lowest BCUT2D eigenvalue weighted by Gasteiger charge is -2.20. The Morgan fingerprint density at radius 1 is 1.33 bits per heavy atom. The van der Waals surface area contributed by atoms with Gasteiger partial charge in [-0.2, -0.15) is 0 Å². The summed E-state index contributed by atoms with van der Waals surface area (Å²) in [7, 11) is 0. The first-order valence-electron chi connectivity index (χ1n) is 3.05. The molecule has 0 aliphatic carbocycles. The second-order valence-corrected chi connectivity index (χ2v) is 4.04. The molecule has 0 unspecified atom stereocenters. The van der Waals surface area contributed by atoms with Crippen molar-refractivity contribution in [2.75, 3.05) is 0 Å². The summed E-state index contributed by atoms with van der Waals surface area (Å²) in [5.74, 6) is 5.93. The van der Waals surface area contributed by atoms with Gasteiger partial charge < -0.3 is 0 Å². The largest absolute Gasteiger partial charge is 0.106 e. The third kappa shape index (κ3) is 3.59. The van der Waals surface area contributed by atoms with E-state index in [1.165, 1.54) is 0 Å². The zero-order valence-corrected chi connectivity index (χ0v) is 8.04. The van der Waals surface area contributed by atoms with Crippen LogP contribution in [0.25, 0.3) is 0 Å². The van der Waals surface area contributed by atoms with Crippen LogP contribution in [0.2, 0.25) is 0 Å². The van der Waals surface area contributed by atoms with Gasteiger partial charge in [-0.25, -0.2) is 0 Å². The number of rotatable bonds is 0. The van der Waals surface area contributed by atoms with Gasteiger partial charge in [-0.3, -0.25) is 0 Å². The summed E-state index contributed by atoms with van der Waals surface area (Å²) >= 11 is 3.48. The molecular formula is C8H13Br. The van der Waals surface area contributed by atoms with Crippen molar-refractivity contribution in [1.82, 2.24) is 0 Å². The van der Waals surface area contributed by atoms with Crippen molar-refractivity contribution in [3.05, 3.63) is 0 Å². The Morgan fingerprint density at radius 2 is 1.78 bits per heavy atom. The molecule has 0 aromatic rings. The lowest BCUT2D eigenvalue weighted by Crippen LogP contribution is -2.17. The van der Waals surface area contributed by atoms with Crippen LogP contribution >= 0.6 is 15.9 Å². The smallest absolute Gasteiger partial charge is 0.0802 e. The Hall–Kier alpha value is 0.0400. The number of halogens is 1. The Bertz CT molecular complexity index is 131. The predicted molar refractivity (Wildman–Crippen MR) is 45.6 cm³/mol. The van der Waals surface area contributed by atoms with Crippen molar-refractivity contribution >= 4 is 15.9 Å². The molecule has 1 atom stereocenters. The van der Waals surface area contributed by atoms with Gasteiger partial charge in [-0.15, -0.1) is 5.92 Å². The van der Waals surface area contributed by atoms with E-state index in [1.54, 1.807) is 0 Å². The molecule has 0 radical (unpaired) electrons. The molecule has 0 aliphatic heterocycles. The summed E-state index contributed by atoms with van der Waals surface area (Å²) in [6.45, 7) is 8.35. The first kappa shape index (κ1) is 9.04. The lowest BCUT2D eigenvalue weighted by molar-refractivity contribution is 0.444. The highest BCUT2D eigenvalue weighted by Gasteiger charge is 2.18. The third-order valence-electron chi connectivity index (χ3n) is 1.03. The Morgan fingerprint density at radius 3 is 1.89 bits per heavy atom. The van der Waals surface area contributed by atoms with Crippen molar-refractivity contribution in [2.45, 2.75) is 32.5 Å². The molecule has 0 aromatic carbocycles. The van der Waals surface area contributed by atoms with Crippen molar-refractivity contribution in [3.8, 4) is 11.8 Å². The summed E-state index contributed by atoms with van der Waals surface area (Å²) < 4.78 is 0. The quantitative estimate of drug-likeness (QED) is 0.406. The third-order valence-corrected chi connectivity index (χ3v) is 2.63. The molecule has 1 heteroatoms. The van der Waals surface area contributed by atoms with Crippen molar-refractivity contribution < 1.29 is 0 Å². The zero-order chi connectivity index (χ0) is 7.49. The molecule has 0 amide bonds. The van der Waals surface area contributed by atoms with Gasteiger partial charge in [0.15, 0.2) is 0 Å². The van der Waals surface area contributed by atoms with E-state index >= 15 is 0 Å². The molecule has 0 rings (SSSR count). The second kappa shape index (κ2) is 3.27. The molecule has 0 heterocycles. The predicted octanol–water partition coefficient (Wildman–Crippen LogP) is 2.82. The fraction of sp³-hybridized carbons (Fsp3) is 0.750. The molecule has 0 fully saturated rings. The first-order chi connectivity index (χ1) is 3.98. The number of hydrogen-bond donors (Lipinski definition) is 0. The average Bonchev–Trinajstić information content (AvgIpc) is 1.64. The maximum atomic E-state index is 3.48. The number of alkyl halides is 1. The van der Waals surface area contributed by atoms with Gasteiger partial charge in [0.2, 0.25) is 0 Å². The minimum atomic E-state index is 0.253. The second-order valence-electron chi connectivity index (χ2n) is 3.12. The van der Waals surface area contributed by atoms with E-state index in [-0.39, 0.29) is 5.41 Å². The van der Waals surface area contributed by atoms with E-state index in [0.717, 1.165) is 0 Å². The van der Waals surface area contributed by atoms with E-state index in [9.17, 15) is 0 Å². The van der Waals surface area contributed by atoms with E-state index < -0.39 is 0 Å². The van der Waals surface area contributed by atoms with Crippen LogP contribution < -0.4 is 0 Å². The van der Waals surface area contributed by atoms with E-state index in [4.69, 9.17) is 0 Å². The van der Waals surface area contributed by atoms with Gasteiger partial charge in [0, 0.05) is 0 Å². The van der Waals surface area contributed by atoms with Gasteiger partial charge in [0.05, 0.1) is 4.83 Å². The molecule has 0 N–H and O–H groups in total. The SMILES string of the molecule is CC#C[C@H](Br)C(C)(C)C. The van der Waals surface area contributed by atoms with Crippen LogP contribution in [0.5, 0.6) is 0 Å². The fourth-order valence-corrected chi connectivity index (χ4v) is 0.572. The van der Waals surface area contributed by atoms with Crippen molar-refractivity contribution in [2.24, 2.45) is 5.41 Å². The van der Waals surface area contributed by atoms with E-state index in [2.05, 4.69) is 48.5 Å². The summed E-state index contributed by atoms with van der Waals surface area (Å²) in [6, 6.07) is 0. The van der Waals surface area contributed by atoms with Crippen molar-refractivity contribution in [1.29, 1.82) is 0 Å². The Labute approximate surface area is 66.2 Å². The number of hydrogen-bond acceptors (Lipinski definition) is 0. The minimum Gasteiger partial charge on any atom is -0.106 e. The zero-order valence-electron chi connectivity index (χ0n) is 6.46. The summed E-state index contributed by atoms with van der Waals surface area (Å²) in [5, 5.41) is 0. The van der Waals surface area contributed by atoms with Crippen LogP contribution in [0, 0.1) is 17.3 Å². The highest BCUT2D eigenvalue weighted by Crippen LogP contribution is 2.24. The van der Waals surface area contributed by atoms with Gasteiger partial charge in [0.1, 0.15) is 0 Å². The van der Waals surface area contributed by atoms with E-state index in [0.29, 0.717) is 4.83 Å². The highest BCUT2D eigenvalue weighted by molar-refractivity contribution is 9.09. The summed E-state index contributed by atoms with van der Waals surface area (Å²) in [4.78, 5) is 0.315. The molecule has 9 heavy (non-hydrogen) atoms. The maximum absolute atomic E-state index is 3.48. The average molecular weight is 189 g/mol. The van der Waals surface area contributed by atoms with Crippen LogP contribution in [-0.4, -0.2) is 4.83 Å². The molecule has 0 saturated heterocycles. The summed E-state index contributed by atoms with van der Waals surface area (Å²) in [6.07, 6.45) is 0. The maximum Gasteiger partial charge on any atom is 0.0802 e. The molecule has 0 aliphatic rings. The fourth-order valence-electron chi connectivity index (χ4n) is 0.343. The topological polar surface area (TPSA) is 0 Å². The molecule has 0 nitrogen and oxygen atoms in total.